The van der Waals surface area contributed by atoms with Gasteiger partial charge in [-0.2, -0.15) is 0 Å². The first-order valence-electron chi connectivity index (χ1n) is 5.13. The Labute approximate surface area is 95.1 Å². The summed E-state index contributed by atoms with van der Waals surface area (Å²) in [5, 5.41) is 0. The van der Waals surface area contributed by atoms with Gasteiger partial charge < -0.3 is 10.5 Å². The fourth-order valence-electron chi connectivity index (χ4n) is 1.39. The van der Waals surface area contributed by atoms with Crippen LogP contribution < -0.4 is 5.73 Å². The molecule has 0 saturated carbocycles. The average molecular weight is 223 g/mol. The molecule has 1 unspecified atom stereocenters. The van der Waals surface area contributed by atoms with Crippen LogP contribution in [0.4, 0.5) is 0 Å². The van der Waals surface area contributed by atoms with Gasteiger partial charge in [0.1, 0.15) is 17.4 Å². The predicted octanol–water partition coefficient (Wildman–Crippen LogP) is 1.11. The molecule has 0 fully saturated rings. The first-order chi connectivity index (χ1) is 7.27. The molecule has 1 atom stereocenters. The van der Waals surface area contributed by atoms with E-state index in [4.69, 9.17) is 10.5 Å². The normalized spacial score (nSPS) is 24.9. The lowest BCUT2D eigenvalue weighted by molar-refractivity contribution is -0.159. The lowest BCUT2D eigenvalue weighted by atomic mass is 9.88. The maximum atomic E-state index is 11.9. The van der Waals surface area contributed by atoms with Crippen molar-refractivity contribution < 1.29 is 14.3 Å². The lowest BCUT2D eigenvalue weighted by Crippen LogP contribution is -2.50. The van der Waals surface area contributed by atoms with Crippen molar-refractivity contribution in [3.05, 3.63) is 23.8 Å². The Morgan fingerprint density at radius 2 is 2.19 bits per heavy atom. The van der Waals surface area contributed by atoms with Gasteiger partial charge in [0, 0.05) is 6.42 Å². The standard InChI is InChI=1S/C12H17NO3/c1-11(2,3)16-10(15)12(13)6-4-5-9(7-12)8-14/h4-6,8H,7,13H2,1-3H3. The number of carbonyl (C=O) groups excluding carboxylic acids is 2. The monoisotopic (exact) mass is 223 g/mol. The van der Waals surface area contributed by atoms with Crippen molar-refractivity contribution in [1.82, 2.24) is 0 Å². The van der Waals surface area contributed by atoms with E-state index in [2.05, 4.69) is 0 Å². The van der Waals surface area contributed by atoms with Gasteiger partial charge in [-0.1, -0.05) is 18.2 Å². The molecule has 88 valence electrons. The molecule has 0 aromatic heterocycles. The first kappa shape index (κ1) is 12.6. The number of hydrogen-bond donors (Lipinski definition) is 1. The zero-order valence-electron chi connectivity index (χ0n) is 9.82. The van der Waals surface area contributed by atoms with Crippen LogP contribution in [-0.4, -0.2) is 23.4 Å². The molecule has 0 aliphatic heterocycles. The van der Waals surface area contributed by atoms with Crippen LogP contribution in [0.1, 0.15) is 27.2 Å². The van der Waals surface area contributed by atoms with Gasteiger partial charge in [0.2, 0.25) is 0 Å². The van der Waals surface area contributed by atoms with E-state index in [0.717, 1.165) is 0 Å². The number of ether oxygens (including phenoxy) is 1. The third-order valence-electron chi connectivity index (χ3n) is 2.13. The van der Waals surface area contributed by atoms with E-state index >= 15 is 0 Å². The Balaban J connectivity index is 2.81. The molecule has 4 nitrogen and oxygen atoms in total. The van der Waals surface area contributed by atoms with E-state index in [9.17, 15) is 9.59 Å². The van der Waals surface area contributed by atoms with Gasteiger partial charge in [-0.25, -0.2) is 4.79 Å². The van der Waals surface area contributed by atoms with Gasteiger partial charge in [0.25, 0.3) is 0 Å². The van der Waals surface area contributed by atoms with Crippen LogP contribution in [0, 0.1) is 0 Å². The van der Waals surface area contributed by atoms with E-state index in [1.807, 2.05) is 0 Å². The highest BCUT2D eigenvalue weighted by Crippen LogP contribution is 2.23. The summed E-state index contributed by atoms with van der Waals surface area (Å²) in [7, 11) is 0. The molecule has 0 spiro atoms. The molecule has 0 aromatic carbocycles. The minimum Gasteiger partial charge on any atom is -0.458 e. The Morgan fingerprint density at radius 3 is 2.69 bits per heavy atom. The van der Waals surface area contributed by atoms with E-state index in [-0.39, 0.29) is 6.42 Å². The molecule has 0 aromatic rings. The van der Waals surface area contributed by atoms with Crippen molar-refractivity contribution in [2.75, 3.05) is 0 Å². The second kappa shape index (κ2) is 4.22. The first-order valence-corrected chi connectivity index (χ1v) is 5.13. The number of nitrogens with two attached hydrogens (primary N) is 1. The van der Waals surface area contributed by atoms with Crippen molar-refractivity contribution in [2.45, 2.75) is 38.3 Å². The van der Waals surface area contributed by atoms with Crippen LogP contribution in [0.3, 0.4) is 0 Å². The minimum atomic E-state index is -1.22. The summed E-state index contributed by atoms with van der Waals surface area (Å²) in [6.45, 7) is 5.33. The van der Waals surface area contributed by atoms with Crippen LogP contribution in [0.15, 0.2) is 23.8 Å². The zero-order valence-corrected chi connectivity index (χ0v) is 9.82. The molecule has 0 heterocycles. The molecule has 0 radical (unpaired) electrons. The molecular formula is C12H17NO3. The maximum absolute atomic E-state index is 11.9. The van der Waals surface area contributed by atoms with Gasteiger partial charge in [0.05, 0.1) is 0 Å². The Kier molecular flexibility index (Phi) is 3.33. The number of hydrogen-bond acceptors (Lipinski definition) is 4. The average Bonchev–Trinajstić information content (AvgIpc) is 2.15. The van der Waals surface area contributed by atoms with Gasteiger partial charge in [-0.3, -0.25) is 4.79 Å². The van der Waals surface area contributed by atoms with Crippen LogP contribution in [0.2, 0.25) is 0 Å². The molecule has 1 aliphatic rings. The molecule has 0 bridgehead atoms. The van der Waals surface area contributed by atoms with E-state index in [0.29, 0.717) is 11.9 Å². The SMILES string of the molecule is CC(C)(C)OC(=O)C1(N)C=CC=C(C=O)C1. The largest absolute Gasteiger partial charge is 0.458 e. The Hall–Kier alpha value is -1.42. The number of esters is 1. The minimum absolute atomic E-state index is 0.182. The highest BCUT2D eigenvalue weighted by Gasteiger charge is 2.37. The predicted molar refractivity (Wildman–Crippen MR) is 60.7 cm³/mol. The van der Waals surface area contributed by atoms with Crippen LogP contribution in [-0.2, 0) is 14.3 Å². The highest BCUT2D eigenvalue weighted by molar-refractivity contribution is 5.87. The quantitative estimate of drug-likeness (QED) is 0.562. The van der Waals surface area contributed by atoms with Crippen LogP contribution in [0.25, 0.3) is 0 Å². The van der Waals surface area contributed by atoms with Gasteiger partial charge in [0.15, 0.2) is 0 Å². The Morgan fingerprint density at radius 1 is 1.56 bits per heavy atom. The topological polar surface area (TPSA) is 69.4 Å². The number of allylic oxidation sites excluding steroid dienone is 2. The van der Waals surface area contributed by atoms with Crippen LogP contribution in [0.5, 0.6) is 0 Å². The van der Waals surface area contributed by atoms with E-state index < -0.39 is 17.1 Å². The number of carbonyl (C=O) groups is 2. The molecule has 0 amide bonds. The summed E-state index contributed by atoms with van der Waals surface area (Å²) < 4.78 is 5.21. The smallest absolute Gasteiger partial charge is 0.331 e. The molecule has 1 aliphatic carbocycles. The van der Waals surface area contributed by atoms with Crippen LogP contribution >= 0.6 is 0 Å². The summed E-state index contributed by atoms with van der Waals surface area (Å²) in [6.07, 6.45) is 5.70. The van der Waals surface area contributed by atoms with Gasteiger partial charge in [-0.05, 0) is 26.3 Å². The molecular weight excluding hydrogens is 206 g/mol. The van der Waals surface area contributed by atoms with Gasteiger partial charge >= 0.3 is 5.97 Å². The third-order valence-corrected chi connectivity index (χ3v) is 2.13. The fraction of sp³-hybridized carbons (Fsp3) is 0.500. The fourth-order valence-corrected chi connectivity index (χ4v) is 1.39. The van der Waals surface area contributed by atoms with E-state index in [1.54, 1.807) is 39.0 Å². The number of aldehydes is 1. The molecule has 1 rings (SSSR count). The van der Waals surface area contributed by atoms with Crippen molar-refractivity contribution in [1.29, 1.82) is 0 Å². The van der Waals surface area contributed by atoms with E-state index in [1.165, 1.54) is 0 Å². The van der Waals surface area contributed by atoms with Gasteiger partial charge in [-0.15, -0.1) is 0 Å². The Bertz CT molecular complexity index is 363. The summed E-state index contributed by atoms with van der Waals surface area (Å²) >= 11 is 0. The molecule has 2 N–H and O–H groups in total. The maximum Gasteiger partial charge on any atom is 0.331 e. The second-order valence-corrected chi connectivity index (χ2v) is 4.94. The highest BCUT2D eigenvalue weighted by atomic mass is 16.6. The molecule has 4 heteroatoms. The number of rotatable bonds is 2. The summed E-state index contributed by atoms with van der Waals surface area (Å²) in [6, 6.07) is 0. The molecule has 0 saturated heterocycles. The molecule has 16 heavy (non-hydrogen) atoms. The summed E-state index contributed by atoms with van der Waals surface area (Å²) in [5.74, 6) is -0.510. The van der Waals surface area contributed by atoms with Crippen molar-refractivity contribution in [3.8, 4) is 0 Å². The van der Waals surface area contributed by atoms with Crippen molar-refractivity contribution in [2.24, 2.45) is 5.73 Å². The summed E-state index contributed by atoms with van der Waals surface area (Å²) in [4.78, 5) is 22.5. The summed E-state index contributed by atoms with van der Waals surface area (Å²) in [5.41, 5.74) is 4.60. The van der Waals surface area contributed by atoms with Crippen molar-refractivity contribution in [3.63, 3.8) is 0 Å². The lowest BCUT2D eigenvalue weighted by Gasteiger charge is -2.30. The van der Waals surface area contributed by atoms with Crippen molar-refractivity contribution >= 4 is 12.3 Å². The third kappa shape index (κ3) is 3.03. The second-order valence-electron chi connectivity index (χ2n) is 4.94. The zero-order chi connectivity index (χ0) is 12.4.